The van der Waals surface area contributed by atoms with E-state index in [1.54, 1.807) is 0 Å². The molecule has 1 aliphatic heterocycles. The van der Waals surface area contributed by atoms with Crippen LogP contribution < -0.4 is 0 Å². The quantitative estimate of drug-likeness (QED) is 0.738. The van der Waals surface area contributed by atoms with Crippen LogP contribution in [0.5, 0.6) is 0 Å². The van der Waals surface area contributed by atoms with Crippen LogP contribution in [0, 0.1) is 0 Å². The van der Waals surface area contributed by atoms with Gasteiger partial charge in [0.25, 0.3) is 0 Å². The van der Waals surface area contributed by atoms with E-state index >= 15 is 0 Å². The van der Waals surface area contributed by atoms with Gasteiger partial charge in [0.2, 0.25) is 0 Å². The van der Waals surface area contributed by atoms with E-state index < -0.39 is 0 Å². The van der Waals surface area contributed by atoms with Crippen molar-refractivity contribution in [1.82, 2.24) is 0 Å². The van der Waals surface area contributed by atoms with Gasteiger partial charge in [0, 0.05) is 0 Å². The highest BCUT2D eigenvalue weighted by Crippen LogP contribution is 2.26. The number of aryl methyl sites for hydroxylation is 2. The number of benzene rings is 2. The van der Waals surface area contributed by atoms with Gasteiger partial charge in [-0.2, -0.15) is 0 Å². The smallest absolute Gasteiger partial charge is 0.0583 e. The summed E-state index contributed by atoms with van der Waals surface area (Å²) < 4.78 is 6.20. The monoisotopic (exact) mass is 280 g/mol. The first-order valence-corrected chi connectivity index (χ1v) is 8.13. The molecule has 110 valence electrons. The Morgan fingerprint density at radius 1 is 0.667 bits per heavy atom. The molecule has 1 fully saturated rings. The summed E-state index contributed by atoms with van der Waals surface area (Å²) in [6.45, 7) is 0. The van der Waals surface area contributed by atoms with Gasteiger partial charge in [-0.05, 0) is 49.7 Å². The molecule has 0 spiro atoms. The van der Waals surface area contributed by atoms with Crippen LogP contribution in [-0.4, -0.2) is 12.2 Å². The van der Waals surface area contributed by atoms with Crippen LogP contribution >= 0.6 is 0 Å². The third-order valence-corrected chi connectivity index (χ3v) is 4.39. The summed E-state index contributed by atoms with van der Waals surface area (Å²) in [6.07, 6.45) is 7.97. The maximum atomic E-state index is 6.20. The third kappa shape index (κ3) is 4.44. The number of rotatable bonds is 6. The van der Waals surface area contributed by atoms with Gasteiger partial charge in [0.15, 0.2) is 0 Å². The Balaban J connectivity index is 1.39. The predicted octanol–water partition coefficient (Wildman–Crippen LogP) is 4.80. The van der Waals surface area contributed by atoms with Gasteiger partial charge >= 0.3 is 0 Å². The molecule has 0 bridgehead atoms. The fourth-order valence-corrected chi connectivity index (χ4v) is 3.15. The van der Waals surface area contributed by atoms with Crippen LogP contribution in [0.15, 0.2) is 60.7 Å². The van der Waals surface area contributed by atoms with E-state index in [-0.39, 0.29) is 0 Å². The average molecular weight is 280 g/mol. The van der Waals surface area contributed by atoms with Crippen molar-refractivity contribution in [2.24, 2.45) is 0 Å². The van der Waals surface area contributed by atoms with Gasteiger partial charge in [0.05, 0.1) is 12.2 Å². The molecule has 0 unspecified atom stereocenters. The lowest BCUT2D eigenvalue weighted by molar-refractivity contribution is 0.0366. The molecule has 0 amide bonds. The lowest BCUT2D eigenvalue weighted by Crippen LogP contribution is -2.12. The molecule has 1 heteroatoms. The second-order valence-electron chi connectivity index (χ2n) is 6.01. The Morgan fingerprint density at radius 3 is 1.52 bits per heavy atom. The highest BCUT2D eigenvalue weighted by molar-refractivity contribution is 5.15. The van der Waals surface area contributed by atoms with Crippen molar-refractivity contribution in [2.45, 2.75) is 50.7 Å². The summed E-state index contributed by atoms with van der Waals surface area (Å²) in [5.74, 6) is 0. The Kier molecular flexibility index (Phi) is 5.07. The summed E-state index contributed by atoms with van der Waals surface area (Å²) in [5.41, 5.74) is 2.85. The Hall–Kier alpha value is -1.60. The van der Waals surface area contributed by atoms with Gasteiger partial charge in [-0.1, -0.05) is 60.7 Å². The topological polar surface area (TPSA) is 9.23 Å². The number of hydrogen-bond acceptors (Lipinski definition) is 1. The van der Waals surface area contributed by atoms with E-state index in [0.717, 1.165) is 25.7 Å². The zero-order valence-corrected chi connectivity index (χ0v) is 12.6. The summed E-state index contributed by atoms with van der Waals surface area (Å²) in [7, 11) is 0. The van der Waals surface area contributed by atoms with Gasteiger partial charge < -0.3 is 4.74 Å². The zero-order valence-electron chi connectivity index (χ0n) is 12.6. The van der Waals surface area contributed by atoms with E-state index in [1.807, 2.05) is 0 Å². The molecule has 2 aromatic carbocycles. The highest BCUT2D eigenvalue weighted by atomic mass is 16.5. The van der Waals surface area contributed by atoms with Gasteiger partial charge in [-0.15, -0.1) is 0 Å². The molecular weight excluding hydrogens is 256 g/mol. The molecule has 0 aromatic heterocycles. The lowest BCUT2D eigenvalue weighted by Gasteiger charge is -2.14. The van der Waals surface area contributed by atoms with Crippen LogP contribution in [0.1, 0.15) is 36.8 Å². The van der Waals surface area contributed by atoms with Gasteiger partial charge in [0.1, 0.15) is 0 Å². The van der Waals surface area contributed by atoms with Crippen LogP contribution in [0.3, 0.4) is 0 Å². The molecule has 2 atom stereocenters. The number of hydrogen-bond donors (Lipinski definition) is 0. The maximum absolute atomic E-state index is 6.20. The van der Waals surface area contributed by atoms with Crippen LogP contribution in [0.2, 0.25) is 0 Å². The first-order valence-electron chi connectivity index (χ1n) is 8.13. The van der Waals surface area contributed by atoms with Crippen molar-refractivity contribution in [3.63, 3.8) is 0 Å². The van der Waals surface area contributed by atoms with E-state index in [9.17, 15) is 0 Å². The Morgan fingerprint density at radius 2 is 1.10 bits per heavy atom. The molecule has 1 nitrogen and oxygen atoms in total. The minimum atomic E-state index is 0.464. The highest BCUT2D eigenvalue weighted by Gasteiger charge is 2.24. The van der Waals surface area contributed by atoms with Crippen molar-refractivity contribution in [3.05, 3.63) is 71.8 Å². The average Bonchev–Trinajstić information content (AvgIpc) is 3.01. The van der Waals surface area contributed by atoms with Gasteiger partial charge in [-0.25, -0.2) is 0 Å². The molecule has 0 aliphatic carbocycles. The van der Waals surface area contributed by atoms with E-state index in [4.69, 9.17) is 4.74 Å². The van der Waals surface area contributed by atoms with E-state index in [2.05, 4.69) is 60.7 Å². The first-order chi connectivity index (χ1) is 10.4. The molecule has 2 aromatic rings. The van der Waals surface area contributed by atoms with Crippen molar-refractivity contribution in [2.75, 3.05) is 0 Å². The lowest BCUT2D eigenvalue weighted by atomic mass is 10.0. The number of ether oxygens (including phenoxy) is 1. The van der Waals surface area contributed by atoms with Gasteiger partial charge in [-0.3, -0.25) is 0 Å². The minimum absolute atomic E-state index is 0.464. The van der Waals surface area contributed by atoms with Crippen molar-refractivity contribution in [3.8, 4) is 0 Å². The molecule has 1 heterocycles. The van der Waals surface area contributed by atoms with Crippen molar-refractivity contribution < 1.29 is 4.74 Å². The summed E-state index contributed by atoms with van der Waals surface area (Å²) in [5, 5.41) is 0. The Bertz CT molecular complexity index is 471. The minimum Gasteiger partial charge on any atom is -0.375 e. The van der Waals surface area contributed by atoms with E-state index in [0.29, 0.717) is 12.2 Å². The summed E-state index contributed by atoms with van der Waals surface area (Å²) >= 11 is 0. The second-order valence-corrected chi connectivity index (χ2v) is 6.01. The maximum Gasteiger partial charge on any atom is 0.0583 e. The second kappa shape index (κ2) is 7.42. The molecule has 3 rings (SSSR count). The predicted molar refractivity (Wildman–Crippen MR) is 87.4 cm³/mol. The summed E-state index contributed by atoms with van der Waals surface area (Å²) in [6, 6.07) is 21.5. The Labute approximate surface area is 128 Å². The zero-order chi connectivity index (χ0) is 14.3. The fraction of sp³-hybridized carbons (Fsp3) is 0.400. The fourth-order valence-electron chi connectivity index (χ4n) is 3.15. The standard InChI is InChI=1S/C20H24O/c1-3-7-17(8-4-1)11-13-19-15-16-20(21-19)14-12-18-9-5-2-6-10-18/h1-10,19-20H,11-16H2/t19-,20-/m0/s1. The van der Waals surface area contributed by atoms with Crippen molar-refractivity contribution >= 4 is 0 Å². The normalized spacial score (nSPS) is 21.5. The molecule has 0 radical (unpaired) electrons. The third-order valence-electron chi connectivity index (χ3n) is 4.39. The molecule has 0 saturated carbocycles. The van der Waals surface area contributed by atoms with Crippen LogP contribution in [0.4, 0.5) is 0 Å². The molecular formula is C20H24O. The molecule has 21 heavy (non-hydrogen) atoms. The van der Waals surface area contributed by atoms with E-state index in [1.165, 1.54) is 24.0 Å². The molecule has 0 N–H and O–H groups in total. The van der Waals surface area contributed by atoms with Crippen LogP contribution in [-0.2, 0) is 17.6 Å². The van der Waals surface area contributed by atoms with Crippen LogP contribution in [0.25, 0.3) is 0 Å². The molecule has 1 saturated heterocycles. The largest absolute Gasteiger partial charge is 0.375 e. The van der Waals surface area contributed by atoms with Crippen molar-refractivity contribution in [1.29, 1.82) is 0 Å². The SMILES string of the molecule is c1ccc(CC[C@H]2CC[C@H](CCc3ccccc3)O2)cc1. The summed E-state index contributed by atoms with van der Waals surface area (Å²) in [4.78, 5) is 0. The molecule has 1 aliphatic rings. The first kappa shape index (κ1) is 14.3.